The first kappa shape index (κ1) is 12.7. The Labute approximate surface area is 109 Å². The molecule has 94 valence electrons. The van der Waals surface area contributed by atoms with E-state index in [0.29, 0.717) is 5.75 Å². The predicted octanol–water partition coefficient (Wildman–Crippen LogP) is 4.13. The van der Waals surface area contributed by atoms with Crippen LogP contribution in [0, 0.1) is 0 Å². The monoisotopic (exact) mass is 240 g/mol. The average Bonchev–Trinajstić information content (AvgIpc) is 2.42. The zero-order valence-corrected chi connectivity index (χ0v) is 10.9. The molecule has 0 amide bonds. The third-order valence-corrected chi connectivity index (χ3v) is 3.30. The molecule has 0 radical (unpaired) electrons. The van der Waals surface area contributed by atoms with Crippen LogP contribution in [0.5, 0.6) is 5.75 Å². The zero-order valence-electron chi connectivity index (χ0n) is 10.9. The lowest BCUT2D eigenvalue weighted by atomic mass is 10.0. The van der Waals surface area contributed by atoms with Gasteiger partial charge in [0.05, 0.1) is 0 Å². The minimum Gasteiger partial charge on any atom is -0.508 e. The number of phenolic OH excluding ortho intramolecular Hbond substituents is 1. The Balaban J connectivity index is 1.82. The fourth-order valence-corrected chi connectivity index (χ4v) is 2.10. The van der Waals surface area contributed by atoms with Crippen LogP contribution in [0.1, 0.15) is 30.0 Å². The van der Waals surface area contributed by atoms with Crippen LogP contribution < -0.4 is 0 Å². The van der Waals surface area contributed by atoms with Gasteiger partial charge in [-0.15, -0.1) is 0 Å². The van der Waals surface area contributed by atoms with E-state index in [-0.39, 0.29) is 0 Å². The number of hydrogen-bond donors (Lipinski definition) is 1. The summed E-state index contributed by atoms with van der Waals surface area (Å²) in [5.74, 6) is 0.342. The van der Waals surface area contributed by atoms with Gasteiger partial charge in [0.2, 0.25) is 0 Å². The van der Waals surface area contributed by atoms with E-state index < -0.39 is 0 Å². The fourth-order valence-electron chi connectivity index (χ4n) is 2.10. The summed E-state index contributed by atoms with van der Waals surface area (Å²) >= 11 is 0. The van der Waals surface area contributed by atoms with E-state index in [1.807, 2.05) is 12.1 Å². The highest BCUT2D eigenvalue weighted by Gasteiger charge is 1.97. The Morgan fingerprint density at radius 2 is 1.17 bits per heavy atom. The molecule has 0 unspecified atom stereocenters. The zero-order chi connectivity index (χ0) is 12.8. The molecule has 0 atom stereocenters. The highest BCUT2D eigenvalue weighted by Crippen LogP contribution is 2.13. The average molecular weight is 240 g/mol. The largest absolute Gasteiger partial charge is 0.508 e. The van der Waals surface area contributed by atoms with Crippen LogP contribution in [-0.4, -0.2) is 5.11 Å². The Kier molecular flexibility index (Phi) is 4.40. The number of aryl methyl sites for hydroxylation is 3. The minimum atomic E-state index is 0.342. The van der Waals surface area contributed by atoms with Crippen molar-refractivity contribution >= 4 is 0 Å². The summed E-state index contributed by atoms with van der Waals surface area (Å²) in [5, 5.41) is 9.21. The Morgan fingerprint density at radius 1 is 0.722 bits per heavy atom. The van der Waals surface area contributed by atoms with Gasteiger partial charge in [0.15, 0.2) is 0 Å². The summed E-state index contributed by atoms with van der Waals surface area (Å²) in [5.41, 5.74) is 4.10. The standard InChI is InChI=1S/C17H20O/c1-2-14-6-8-15(9-7-14)4-3-5-16-10-12-17(18)13-11-16/h6-13,18H,2-5H2,1H3. The molecule has 0 saturated carbocycles. The van der Waals surface area contributed by atoms with Crippen molar-refractivity contribution in [3.63, 3.8) is 0 Å². The molecule has 1 nitrogen and oxygen atoms in total. The molecule has 0 aliphatic carbocycles. The van der Waals surface area contributed by atoms with Crippen LogP contribution in [0.25, 0.3) is 0 Å². The minimum absolute atomic E-state index is 0.342. The molecule has 2 aromatic rings. The molecule has 18 heavy (non-hydrogen) atoms. The summed E-state index contributed by atoms with van der Waals surface area (Å²) in [6.07, 6.45) is 4.44. The molecule has 1 heteroatoms. The van der Waals surface area contributed by atoms with E-state index in [1.54, 1.807) is 12.1 Å². The van der Waals surface area contributed by atoms with Crippen molar-refractivity contribution in [1.82, 2.24) is 0 Å². The third kappa shape index (κ3) is 3.63. The van der Waals surface area contributed by atoms with Gasteiger partial charge < -0.3 is 5.11 Å². The quantitative estimate of drug-likeness (QED) is 0.833. The predicted molar refractivity (Wildman–Crippen MR) is 76.0 cm³/mol. The van der Waals surface area contributed by atoms with Crippen LogP contribution in [0.15, 0.2) is 48.5 Å². The van der Waals surface area contributed by atoms with Crippen LogP contribution in [0.3, 0.4) is 0 Å². The van der Waals surface area contributed by atoms with Gasteiger partial charge in [0.25, 0.3) is 0 Å². The van der Waals surface area contributed by atoms with Gasteiger partial charge in [-0.05, 0) is 54.5 Å². The van der Waals surface area contributed by atoms with Crippen LogP contribution >= 0.6 is 0 Å². The highest BCUT2D eigenvalue weighted by molar-refractivity contribution is 5.26. The summed E-state index contributed by atoms with van der Waals surface area (Å²) in [6.45, 7) is 2.18. The molecule has 0 bridgehead atoms. The number of aromatic hydroxyl groups is 1. The lowest BCUT2D eigenvalue weighted by Gasteiger charge is -2.04. The summed E-state index contributed by atoms with van der Waals surface area (Å²) in [7, 11) is 0. The fraction of sp³-hybridized carbons (Fsp3) is 0.294. The van der Waals surface area contributed by atoms with Crippen molar-refractivity contribution in [2.75, 3.05) is 0 Å². The van der Waals surface area contributed by atoms with Gasteiger partial charge in [0.1, 0.15) is 5.75 Å². The molecule has 0 aromatic heterocycles. The second kappa shape index (κ2) is 6.25. The van der Waals surface area contributed by atoms with Gasteiger partial charge in [-0.2, -0.15) is 0 Å². The lowest BCUT2D eigenvalue weighted by molar-refractivity contribution is 0.475. The first-order valence-corrected chi connectivity index (χ1v) is 6.63. The molecule has 2 rings (SSSR count). The first-order valence-electron chi connectivity index (χ1n) is 6.63. The van der Waals surface area contributed by atoms with Gasteiger partial charge >= 0.3 is 0 Å². The van der Waals surface area contributed by atoms with Crippen LogP contribution in [0.4, 0.5) is 0 Å². The van der Waals surface area contributed by atoms with E-state index in [1.165, 1.54) is 16.7 Å². The second-order valence-electron chi connectivity index (χ2n) is 4.69. The van der Waals surface area contributed by atoms with Crippen LogP contribution in [-0.2, 0) is 19.3 Å². The summed E-state index contributed by atoms with van der Waals surface area (Å²) in [6, 6.07) is 16.4. The summed E-state index contributed by atoms with van der Waals surface area (Å²) < 4.78 is 0. The Hall–Kier alpha value is -1.76. The van der Waals surface area contributed by atoms with Crippen molar-refractivity contribution in [2.45, 2.75) is 32.6 Å². The second-order valence-corrected chi connectivity index (χ2v) is 4.69. The smallest absolute Gasteiger partial charge is 0.115 e. The van der Waals surface area contributed by atoms with Gasteiger partial charge in [-0.25, -0.2) is 0 Å². The van der Waals surface area contributed by atoms with Gasteiger partial charge in [-0.3, -0.25) is 0 Å². The van der Waals surface area contributed by atoms with E-state index in [9.17, 15) is 5.11 Å². The van der Waals surface area contributed by atoms with E-state index in [4.69, 9.17) is 0 Å². The number of hydrogen-bond acceptors (Lipinski definition) is 1. The molecule has 0 fully saturated rings. The Morgan fingerprint density at radius 3 is 1.67 bits per heavy atom. The van der Waals surface area contributed by atoms with Crippen molar-refractivity contribution < 1.29 is 5.11 Å². The molecule has 0 aliphatic rings. The molecule has 2 aromatic carbocycles. The first-order chi connectivity index (χ1) is 8.78. The highest BCUT2D eigenvalue weighted by atomic mass is 16.3. The van der Waals surface area contributed by atoms with Crippen LogP contribution in [0.2, 0.25) is 0 Å². The number of phenols is 1. The third-order valence-electron chi connectivity index (χ3n) is 3.30. The van der Waals surface area contributed by atoms with Crippen molar-refractivity contribution in [2.24, 2.45) is 0 Å². The maximum atomic E-state index is 9.21. The lowest BCUT2D eigenvalue weighted by Crippen LogP contribution is -1.90. The van der Waals surface area contributed by atoms with E-state index in [2.05, 4.69) is 31.2 Å². The molecule has 0 saturated heterocycles. The van der Waals surface area contributed by atoms with Crippen molar-refractivity contribution in [1.29, 1.82) is 0 Å². The Bertz CT molecular complexity index is 468. The molecule has 0 spiro atoms. The summed E-state index contributed by atoms with van der Waals surface area (Å²) in [4.78, 5) is 0. The number of benzene rings is 2. The molecule has 0 heterocycles. The SMILES string of the molecule is CCc1ccc(CCCc2ccc(O)cc2)cc1. The molecular weight excluding hydrogens is 220 g/mol. The molecule has 1 N–H and O–H groups in total. The van der Waals surface area contributed by atoms with Crippen molar-refractivity contribution in [3.8, 4) is 5.75 Å². The van der Waals surface area contributed by atoms with E-state index in [0.717, 1.165) is 25.7 Å². The number of rotatable bonds is 5. The normalized spacial score (nSPS) is 10.5. The van der Waals surface area contributed by atoms with E-state index >= 15 is 0 Å². The van der Waals surface area contributed by atoms with Gasteiger partial charge in [0, 0.05) is 0 Å². The van der Waals surface area contributed by atoms with Gasteiger partial charge in [-0.1, -0.05) is 43.3 Å². The maximum absolute atomic E-state index is 9.21. The van der Waals surface area contributed by atoms with Crippen molar-refractivity contribution in [3.05, 3.63) is 65.2 Å². The molecule has 0 aliphatic heterocycles. The maximum Gasteiger partial charge on any atom is 0.115 e. The molecular formula is C17H20O. The topological polar surface area (TPSA) is 20.2 Å².